The van der Waals surface area contributed by atoms with Crippen LogP contribution >= 0.6 is 0 Å². The Morgan fingerprint density at radius 2 is 1.73 bits per heavy atom. The van der Waals surface area contributed by atoms with Crippen molar-refractivity contribution in [1.82, 2.24) is 4.90 Å². The lowest BCUT2D eigenvalue weighted by Crippen LogP contribution is -2.64. The molecule has 3 heterocycles. The van der Waals surface area contributed by atoms with Gasteiger partial charge in [-0.2, -0.15) is 0 Å². The fourth-order valence-electron chi connectivity index (χ4n) is 8.03. The van der Waals surface area contributed by atoms with E-state index in [2.05, 4.69) is 6.58 Å². The first-order valence-corrected chi connectivity index (χ1v) is 18.7. The van der Waals surface area contributed by atoms with Crippen molar-refractivity contribution in [1.29, 1.82) is 0 Å². The number of piperidine rings is 1. The summed E-state index contributed by atoms with van der Waals surface area (Å²) in [6.07, 6.45) is 4.54. The highest BCUT2D eigenvalue weighted by Gasteiger charge is 2.56. The molecular weight excluding hydrogens is 654 g/mol. The molecule has 3 aliphatic heterocycles. The standard InChI is InChI=1S/C40H63NO10/c1-11-14-29-19-24(4)18-25(5)20-33(48-9)36-34(49-10)21-27(7)40(47,51-36)37(44)38(45)41-16-13-12-15-30(41)39(46)50-35(26(6)17-23(2)3)28(8)31(42)22-32(29)43/h11,17,19,23,25,27-31,33-36,42,47H,1,12-16,18,20-22H2,2-10H3/b24-19+,26-17+/t25-,27+,28+,29+,30-,31-,33-,34-,35+,36+,40+/m0/s1. The minimum atomic E-state index is -2.48. The Bertz CT molecular complexity index is 1310. The molecule has 51 heavy (non-hydrogen) atoms. The number of Topliss-reactive ketones (excluding diaryl/α,β-unsaturated/α-hetero) is 2. The normalized spacial score (nSPS) is 38.3. The number of hydrogen-bond donors (Lipinski definition) is 2. The van der Waals surface area contributed by atoms with E-state index < -0.39 is 77.8 Å². The molecule has 11 heteroatoms. The van der Waals surface area contributed by atoms with E-state index in [4.69, 9.17) is 18.9 Å². The third kappa shape index (κ3) is 10.5. The number of methoxy groups -OCH3 is 2. The minimum absolute atomic E-state index is 0.0324. The lowest BCUT2D eigenvalue weighted by atomic mass is 9.82. The van der Waals surface area contributed by atoms with Gasteiger partial charge in [0.25, 0.3) is 11.7 Å². The Morgan fingerprint density at radius 1 is 1.08 bits per heavy atom. The number of esters is 1. The second kappa shape index (κ2) is 18.9. The molecule has 0 radical (unpaired) electrons. The van der Waals surface area contributed by atoms with Crippen LogP contribution in [-0.2, 0) is 38.1 Å². The van der Waals surface area contributed by atoms with Gasteiger partial charge in [-0.05, 0) is 76.2 Å². The largest absolute Gasteiger partial charge is 0.456 e. The number of allylic oxidation sites excluding steroid dienone is 4. The number of amides is 1. The number of aliphatic hydroxyl groups excluding tert-OH is 1. The summed E-state index contributed by atoms with van der Waals surface area (Å²) in [6.45, 7) is 17.1. The molecule has 2 N–H and O–H groups in total. The molecule has 0 spiro atoms. The molecule has 0 aliphatic carbocycles. The van der Waals surface area contributed by atoms with Gasteiger partial charge in [0.1, 0.15) is 24.0 Å². The van der Waals surface area contributed by atoms with Crippen LogP contribution in [0.15, 0.2) is 36.0 Å². The van der Waals surface area contributed by atoms with Gasteiger partial charge in [0.05, 0.1) is 18.3 Å². The lowest BCUT2D eigenvalue weighted by molar-refractivity contribution is -0.302. The number of ether oxygens (including phenoxy) is 4. The summed E-state index contributed by atoms with van der Waals surface area (Å²) in [5.41, 5.74) is 1.68. The summed E-state index contributed by atoms with van der Waals surface area (Å²) in [7, 11) is 3.06. The van der Waals surface area contributed by atoms with E-state index in [1.807, 2.05) is 46.8 Å². The van der Waals surface area contributed by atoms with Crippen molar-refractivity contribution >= 4 is 23.4 Å². The maximum absolute atomic E-state index is 14.1. The first-order chi connectivity index (χ1) is 24.0. The second-order valence-electron chi connectivity index (χ2n) is 15.6. The van der Waals surface area contributed by atoms with Crippen LogP contribution in [0.5, 0.6) is 0 Å². The molecule has 0 aromatic heterocycles. The molecule has 0 aromatic rings. The fraction of sp³-hybridized carbons (Fsp3) is 0.750. The number of fused-ring (bicyclic) bond motifs is 3. The Morgan fingerprint density at radius 3 is 2.33 bits per heavy atom. The molecule has 3 aliphatic rings. The molecule has 2 saturated heterocycles. The first-order valence-electron chi connectivity index (χ1n) is 18.7. The highest BCUT2D eigenvalue weighted by molar-refractivity contribution is 6.39. The van der Waals surface area contributed by atoms with Crippen molar-refractivity contribution < 1.29 is 48.3 Å². The molecule has 2 bridgehead atoms. The molecule has 2 fully saturated rings. The predicted molar refractivity (Wildman–Crippen MR) is 193 cm³/mol. The molecule has 3 rings (SSSR count). The third-order valence-corrected chi connectivity index (χ3v) is 10.9. The zero-order valence-electron chi connectivity index (χ0n) is 32.3. The quantitative estimate of drug-likeness (QED) is 0.216. The second-order valence-corrected chi connectivity index (χ2v) is 15.6. The SMILES string of the molecule is C=CC[C@@H]1/C=C(\C)C[C@H](C)C[C@H](OC)[C@H]2O[C@@](O)(C(=O)C(=O)N3CCCC[C@H]3C(=O)O[C@H](/C(C)=C/C(C)C)[C@H](C)[C@@H](O)CC1=O)[C@H](C)C[C@@H]2OC. The highest BCUT2D eigenvalue weighted by atomic mass is 16.7. The number of hydrogen-bond acceptors (Lipinski definition) is 10. The molecule has 11 nitrogen and oxygen atoms in total. The van der Waals surface area contributed by atoms with Crippen LogP contribution in [0.1, 0.15) is 99.8 Å². The van der Waals surface area contributed by atoms with Gasteiger partial charge in [0, 0.05) is 44.9 Å². The summed E-state index contributed by atoms with van der Waals surface area (Å²) < 4.78 is 24.0. The van der Waals surface area contributed by atoms with Crippen molar-refractivity contribution in [3.63, 3.8) is 0 Å². The molecule has 288 valence electrons. The van der Waals surface area contributed by atoms with Gasteiger partial charge < -0.3 is 34.1 Å². The predicted octanol–water partition coefficient (Wildman–Crippen LogP) is 5.12. The van der Waals surface area contributed by atoms with Crippen molar-refractivity contribution in [2.45, 2.75) is 142 Å². The Labute approximate surface area is 304 Å². The lowest BCUT2D eigenvalue weighted by Gasteiger charge is -2.47. The molecule has 0 unspecified atom stereocenters. The van der Waals surface area contributed by atoms with E-state index in [0.29, 0.717) is 37.7 Å². The van der Waals surface area contributed by atoms with Crippen LogP contribution in [-0.4, -0.2) is 102 Å². The average Bonchev–Trinajstić information content (AvgIpc) is 3.08. The number of nitrogens with zero attached hydrogens (tertiary/aromatic N) is 1. The third-order valence-electron chi connectivity index (χ3n) is 10.9. The number of rotatable bonds is 6. The van der Waals surface area contributed by atoms with Crippen LogP contribution in [0, 0.1) is 29.6 Å². The summed E-state index contributed by atoms with van der Waals surface area (Å²) in [5, 5.41) is 23.4. The highest BCUT2D eigenvalue weighted by Crippen LogP contribution is 2.39. The number of carbonyl (C=O) groups is 4. The number of ketones is 2. The minimum Gasteiger partial charge on any atom is -0.456 e. The van der Waals surface area contributed by atoms with Crippen LogP contribution < -0.4 is 0 Å². The van der Waals surface area contributed by atoms with Crippen LogP contribution in [0.2, 0.25) is 0 Å². The Kier molecular flexibility index (Phi) is 15.8. The van der Waals surface area contributed by atoms with Crippen molar-refractivity contribution in [3.8, 4) is 0 Å². The van der Waals surface area contributed by atoms with Gasteiger partial charge >= 0.3 is 5.97 Å². The monoisotopic (exact) mass is 717 g/mol. The number of carbonyl (C=O) groups excluding carboxylic acids is 4. The fourth-order valence-corrected chi connectivity index (χ4v) is 8.03. The summed E-state index contributed by atoms with van der Waals surface area (Å²) >= 11 is 0. The van der Waals surface area contributed by atoms with Gasteiger partial charge in [-0.15, -0.1) is 6.58 Å². The van der Waals surface area contributed by atoms with Crippen molar-refractivity contribution in [2.75, 3.05) is 20.8 Å². The van der Waals surface area contributed by atoms with Gasteiger partial charge in [0.2, 0.25) is 5.79 Å². The van der Waals surface area contributed by atoms with Crippen molar-refractivity contribution in [2.24, 2.45) is 29.6 Å². The zero-order valence-corrected chi connectivity index (χ0v) is 32.3. The van der Waals surface area contributed by atoms with E-state index in [1.54, 1.807) is 19.9 Å². The Hall–Kier alpha value is -2.70. The molecule has 11 atom stereocenters. The van der Waals surface area contributed by atoms with E-state index in [0.717, 1.165) is 5.57 Å². The maximum atomic E-state index is 14.1. The summed E-state index contributed by atoms with van der Waals surface area (Å²) in [4.78, 5) is 57.0. The zero-order chi connectivity index (χ0) is 38.2. The van der Waals surface area contributed by atoms with Crippen LogP contribution in [0.25, 0.3) is 0 Å². The van der Waals surface area contributed by atoms with E-state index in [9.17, 15) is 29.4 Å². The van der Waals surface area contributed by atoms with E-state index in [1.165, 1.54) is 19.1 Å². The smallest absolute Gasteiger partial charge is 0.329 e. The number of cyclic esters (lactones) is 1. The van der Waals surface area contributed by atoms with Gasteiger partial charge in [-0.3, -0.25) is 14.4 Å². The summed E-state index contributed by atoms with van der Waals surface area (Å²) in [6, 6.07) is -1.09. The van der Waals surface area contributed by atoms with Crippen LogP contribution in [0.3, 0.4) is 0 Å². The molecule has 0 aromatic carbocycles. The Balaban J connectivity index is 2.13. The van der Waals surface area contributed by atoms with E-state index >= 15 is 0 Å². The van der Waals surface area contributed by atoms with Gasteiger partial charge in [0.15, 0.2) is 0 Å². The number of aliphatic hydroxyl groups is 2. The molecular formula is C40H63NO10. The van der Waals surface area contributed by atoms with Gasteiger partial charge in [-0.1, -0.05) is 58.4 Å². The van der Waals surface area contributed by atoms with Gasteiger partial charge in [-0.25, -0.2) is 4.79 Å². The van der Waals surface area contributed by atoms with Crippen molar-refractivity contribution in [3.05, 3.63) is 36.0 Å². The van der Waals surface area contributed by atoms with Crippen LogP contribution in [0.4, 0.5) is 0 Å². The molecule has 0 saturated carbocycles. The van der Waals surface area contributed by atoms with E-state index in [-0.39, 0.29) is 43.4 Å². The maximum Gasteiger partial charge on any atom is 0.329 e. The average molecular weight is 718 g/mol. The molecule has 1 amide bonds. The first kappa shape index (κ1) is 42.7. The topological polar surface area (TPSA) is 149 Å². The summed E-state index contributed by atoms with van der Waals surface area (Å²) in [5.74, 6) is -7.34.